The monoisotopic (exact) mass is 567 g/mol. The normalized spacial score (nSPS) is 13.9. The number of rotatable bonds is 8. The topological polar surface area (TPSA) is 86.3 Å². The summed E-state index contributed by atoms with van der Waals surface area (Å²) >= 11 is 0. The summed E-state index contributed by atoms with van der Waals surface area (Å²) in [6.07, 6.45) is -0.958. The van der Waals surface area contributed by atoms with Crippen LogP contribution < -0.4 is 10.6 Å². The van der Waals surface area contributed by atoms with Crippen molar-refractivity contribution in [2.75, 3.05) is 7.11 Å². The standard InChI is InChI=1S/C30H29F4N5O2/c1-41-22-13-11-20(12-14-22)23-9-5-15-36-28(23)26(17-19-6-4-7-21(31)16-19)39(35)27(40)18-38-25-10-3-2-8-24(25)29(37-38)30(32,33)34/h4-7,9,11-16,26H,2-3,8,10,17-18,35H2,1H3. The van der Waals surface area contributed by atoms with E-state index < -0.39 is 36.2 Å². The number of methoxy groups -OCH3 is 1. The molecule has 2 aromatic heterocycles. The number of ether oxygens (including phenoxy) is 1. The Kier molecular flexibility index (Phi) is 8.07. The van der Waals surface area contributed by atoms with Gasteiger partial charge < -0.3 is 4.74 Å². The molecular formula is C30H29F4N5O2. The number of fused-ring (bicyclic) bond motifs is 1. The van der Waals surface area contributed by atoms with Gasteiger partial charge in [-0.1, -0.05) is 30.3 Å². The SMILES string of the molecule is COc1ccc(-c2cccnc2C(Cc2cccc(F)c2)N(N)C(=O)Cn2nc(C(F)(F)F)c3c2CCCC3)cc1. The Hall–Kier alpha value is -4.25. The van der Waals surface area contributed by atoms with Crippen LogP contribution in [0.4, 0.5) is 17.6 Å². The number of hydrazine groups is 1. The zero-order valence-electron chi connectivity index (χ0n) is 22.4. The summed E-state index contributed by atoms with van der Waals surface area (Å²) in [7, 11) is 1.56. The number of amides is 1. The molecule has 4 aromatic rings. The number of benzene rings is 2. The van der Waals surface area contributed by atoms with Crippen LogP contribution in [0.5, 0.6) is 5.75 Å². The maximum atomic E-state index is 14.1. The van der Waals surface area contributed by atoms with Gasteiger partial charge in [-0.05, 0) is 67.1 Å². The van der Waals surface area contributed by atoms with Crippen molar-refractivity contribution < 1.29 is 27.1 Å². The van der Waals surface area contributed by atoms with Gasteiger partial charge in [0.05, 0.1) is 18.8 Å². The highest BCUT2D eigenvalue weighted by Crippen LogP contribution is 2.36. The second-order valence-electron chi connectivity index (χ2n) is 9.95. The number of aromatic nitrogens is 3. The molecule has 0 bridgehead atoms. The molecule has 1 atom stereocenters. The number of pyridine rings is 1. The summed E-state index contributed by atoms with van der Waals surface area (Å²) in [6, 6.07) is 15.9. The molecule has 0 saturated heterocycles. The van der Waals surface area contributed by atoms with Gasteiger partial charge in [0, 0.05) is 29.4 Å². The number of alkyl halides is 3. The first-order valence-electron chi connectivity index (χ1n) is 13.2. The molecule has 1 unspecified atom stereocenters. The number of hydrogen-bond donors (Lipinski definition) is 1. The smallest absolute Gasteiger partial charge is 0.435 e. The first-order valence-corrected chi connectivity index (χ1v) is 13.2. The Bertz CT molecular complexity index is 1530. The van der Waals surface area contributed by atoms with Gasteiger partial charge in [-0.25, -0.2) is 10.2 Å². The van der Waals surface area contributed by atoms with Crippen molar-refractivity contribution in [1.82, 2.24) is 19.8 Å². The van der Waals surface area contributed by atoms with Crippen molar-refractivity contribution in [3.63, 3.8) is 0 Å². The highest BCUT2D eigenvalue weighted by Gasteiger charge is 2.40. The van der Waals surface area contributed by atoms with Crippen molar-refractivity contribution in [2.45, 2.75) is 50.9 Å². The Balaban J connectivity index is 1.52. The van der Waals surface area contributed by atoms with Crippen LogP contribution in [0.25, 0.3) is 11.1 Å². The third kappa shape index (κ3) is 6.09. The molecule has 0 fully saturated rings. The van der Waals surface area contributed by atoms with Crippen molar-refractivity contribution in [3.05, 3.63) is 101 Å². The predicted octanol–water partition coefficient (Wildman–Crippen LogP) is 5.68. The first-order chi connectivity index (χ1) is 19.7. The number of hydrogen-bond acceptors (Lipinski definition) is 5. The van der Waals surface area contributed by atoms with Crippen molar-refractivity contribution in [2.24, 2.45) is 5.84 Å². The summed E-state index contributed by atoms with van der Waals surface area (Å²) in [5.74, 6) is 6.02. The summed E-state index contributed by atoms with van der Waals surface area (Å²) in [5.41, 5.74) is 2.10. The molecule has 1 amide bonds. The maximum Gasteiger partial charge on any atom is 0.435 e. The molecule has 2 heterocycles. The van der Waals surface area contributed by atoms with Gasteiger partial charge in [-0.2, -0.15) is 18.3 Å². The molecule has 0 spiro atoms. The van der Waals surface area contributed by atoms with Gasteiger partial charge >= 0.3 is 6.18 Å². The molecule has 41 heavy (non-hydrogen) atoms. The largest absolute Gasteiger partial charge is 0.497 e. The number of nitrogens with two attached hydrogens (primary N) is 1. The van der Waals surface area contributed by atoms with E-state index in [1.807, 2.05) is 18.2 Å². The zero-order valence-corrected chi connectivity index (χ0v) is 22.4. The lowest BCUT2D eigenvalue weighted by atomic mass is 9.95. The van der Waals surface area contributed by atoms with E-state index in [1.165, 1.54) is 12.1 Å². The van der Waals surface area contributed by atoms with Crippen LogP contribution in [0.1, 0.15) is 47.1 Å². The first kappa shape index (κ1) is 28.3. The average Bonchev–Trinajstić information content (AvgIpc) is 3.35. The predicted molar refractivity (Wildman–Crippen MR) is 144 cm³/mol. The van der Waals surface area contributed by atoms with Crippen molar-refractivity contribution in [3.8, 4) is 16.9 Å². The van der Waals surface area contributed by atoms with Crippen LogP contribution >= 0.6 is 0 Å². The zero-order chi connectivity index (χ0) is 29.1. The number of nitrogens with zero attached hydrogens (tertiary/aromatic N) is 4. The van der Waals surface area contributed by atoms with Crippen LogP contribution in [0.15, 0.2) is 66.9 Å². The lowest BCUT2D eigenvalue weighted by Crippen LogP contribution is -2.44. The minimum Gasteiger partial charge on any atom is -0.497 e. The van der Waals surface area contributed by atoms with E-state index in [2.05, 4.69) is 10.1 Å². The molecule has 1 aliphatic carbocycles. The van der Waals surface area contributed by atoms with Gasteiger partial charge in [-0.3, -0.25) is 19.5 Å². The minimum absolute atomic E-state index is 0.116. The molecule has 214 valence electrons. The van der Waals surface area contributed by atoms with E-state index in [4.69, 9.17) is 10.6 Å². The summed E-state index contributed by atoms with van der Waals surface area (Å²) in [6.45, 7) is -0.473. The molecule has 2 aromatic carbocycles. The van der Waals surface area contributed by atoms with Crippen LogP contribution in [0.3, 0.4) is 0 Å². The molecule has 0 aliphatic heterocycles. The highest BCUT2D eigenvalue weighted by molar-refractivity contribution is 5.77. The van der Waals surface area contributed by atoms with Gasteiger partial charge in [0.1, 0.15) is 18.1 Å². The van der Waals surface area contributed by atoms with Crippen molar-refractivity contribution in [1.29, 1.82) is 0 Å². The van der Waals surface area contributed by atoms with E-state index in [9.17, 15) is 22.4 Å². The van der Waals surface area contributed by atoms with Crippen molar-refractivity contribution >= 4 is 5.91 Å². The van der Waals surface area contributed by atoms with Gasteiger partial charge in [0.15, 0.2) is 5.69 Å². The third-order valence-corrected chi connectivity index (χ3v) is 7.31. The molecule has 0 radical (unpaired) electrons. The highest BCUT2D eigenvalue weighted by atomic mass is 19.4. The molecule has 0 saturated carbocycles. The Morgan fingerprint density at radius 1 is 1.10 bits per heavy atom. The van der Waals surface area contributed by atoms with E-state index in [0.717, 1.165) is 15.3 Å². The minimum atomic E-state index is -4.63. The molecule has 1 aliphatic rings. The number of carbonyl (C=O) groups excluding carboxylic acids is 1. The molecular weight excluding hydrogens is 538 g/mol. The summed E-state index contributed by atoms with van der Waals surface area (Å²) < 4.78 is 61.6. The lowest BCUT2D eigenvalue weighted by Gasteiger charge is -2.29. The number of halogens is 4. The molecule has 2 N–H and O–H groups in total. The Morgan fingerprint density at radius 3 is 2.56 bits per heavy atom. The lowest BCUT2D eigenvalue weighted by molar-refractivity contribution is -0.143. The fourth-order valence-electron chi connectivity index (χ4n) is 5.32. The summed E-state index contributed by atoms with van der Waals surface area (Å²) in [5, 5.41) is 4.78. The summed E-state index contributed by atoms with van der Waals surface area (Å²) in [4.78, 5) is 18.2. The fraction of sp³-hybridized carbons (Fsp3) is 0.300. The quantitative estimate of drug-likeness (QED) is 0.128. The van der Waals surface area contributed by atoms with Crippen LogP contribution in [0.2, 0.25) is 0 Å². The van der Waals surface area contributed by atoms with Crippen LogP contribution in [-0.2, 0) is 36.8 Å². The van der Waals surface area contributed by atoms with E-state index in [0.29, 0.717) is 47.5 Å². The van der Waals surface area contributed by atoms with E-state index >= 15 is 0 Å². The van der Waals surface area contributed by atoms with E-state index in [1.54, 1.807) is 43.6 Å². The van der Waals surface area contributed by atoms with Gasteiger partial charge in [0.25, 0.3) is 5.91 Å². The van der Waals surface area contributed by atoms with Gasteiger partial charge in [-0.15, -0.1) is 0 Å². The number of carbonyl (C=O) groups is 1. The Morgan fingerprint density at radius 2 is 1.85 bits per heavy atom. The van der Waals surface area contributed by atoms with E-state index in [-0.39, 0.29) is 18.4 Å². The Labute approximate surface area is 234 Å². The average molecular weight is 568 g/mol. The molecule has 5 rings (SSSR count). The maximum absolute atomic E-state index is 14.1. The fourth-order valence-corrected chi connectivity index (χ4v) is 5.32. The second kappa shape index (κ2) is 11.7. The second-order valence-corrected chi connectivity index (χ2v) is 9.95. The van der Waals surface area contributed by atoms with Crippen LogP contribution in [0, 0.1) is 5.82 Å². The molecule has 7 nitrogen and oxygen atoms in total. The van der Waals surface area contributed by atoms with Crippen LogP contribution in [-0.4, -0.2) is 32.8 Å². The van der Waals surface area contributed by atoms with Gasteiger partial charge in [0.2, 0.25) is 0 Å². The third-order valence-electron chi connectivity index (χ3n) is 7.31. The molecule has 11 heteroatoms.